The number of nitrogens with one attached hydrogen (secondary N) is 2. The van der Waals surface area contributed by atoms with Crippen molar-refractivity contribution < 1.29 is 8.42 Å². The summed E-state index contributed by atoms with van der Waals surface area (Å²) in [7, 11) is -3.49. The van der Waals surface area contributed by atoms with E-state index in [1.165, 1.54) is 5.56 Å². The van der Waals surface area contributed by atoms with Crippen molar-refractivity contribution in [1.29, 1.82) is 0 Å². The Labute approximate surface area is 163 Å². The highest BCUT2D eigenvalue weighted by molar-refractivity contribution is 7.89. The molecule has 142 valence electrons. The Kier molecular flexibility index (Phi) is 5.88. The number of anilines is 2. The van der Waals surface area contributed by atoms with Crippen LogP contribution in [0.2, 0.25) is 0 Å². The number of thiophene rings is 1. The standard InChI is InChI=1S/C19H22N4O2S2/c1-13(2)12-21-27(24,25)16-6-4-15(5-7-16)22-19-20-10-8-17(23-19)18-14(3)9-11-26-18/h4-11,13,21H,12H2,1-3H3,(H,20,22,23). The number of nitrogens with zero attached hydrogens (tertiary/aromatic N) is 2. The summed E-state index contributed by atoms with van der Waals surface area (Å²) in [6.45, 7) is 6.38. The molecule has 0 saturated heterocycles. The van der Waals surface area contributed by atoms with Crippen molar-refractivity contribution in [2.75, 3.05) is 11.9 Å². The molecule has 0 amide bonds. The quantitative estimate of drug-likeness (QED) is 0.619. The van der Waals surface area contributed by atoms with Crippen molar-refractivity contribution in [3.8, 4) is 10.6 Å². The topological polar surface area (TPSA) is 84.0 Å². The van der Waals surface area contributed by atoms with Crippen LogP contribution in [0.3, 0.4) is 0 Å². The van der Waals surface area contributed by atoms with Crippen LogP contribution in [-0.4, -0.2) is 24.9 Å². The second-order valence-corrected chi connectivity index (χ2v) is 9.28. The van der Waals surface area contributed by atoms with Crippen LogP contribution in [0.15, 0.2) is 52.9 Å². The molecule has 27 heavy (non-hydrogen) atoms. The van der Waals surface area contributed by atoms with Gasteiger partial charge in [-0.1, -0.05) is 13.8 Å². The highest BCUT2D eigenvalue weighted by Crippen LogP contribution is 2.28. The van der Waals surface area contributed by atoms with Crippen LogP contribution in [0.1, 0.15) is 19.4 Å². The van der Waals surface area contributed by atoms with Crippen LogP contribution >= 0.6 is 11.3 Å². The van der Waals surface area contributed by atoms with E-state index >= 15 is 0 Å². The summed E-state index contributed by atoms with van der Waals surface area (Å²) in [4.78, 5) is 10.1. The number of hydrogen-bond donors (Lipinski definition) is 2. The Hall–Kier alpha value is -2.29. The molecule has 0 spiro atoms. The fraction of sp³-hybridized carbons (Fsp3) is 0.263. The van der Waals surface area contributed by atoms with E-state index in [0.717, 1.165) is 16.3 Å². The third-order valence-electron chi connectivity index (χ3n) is 3.85. The molecule has 0 fully saturated rings. The molecular formula is C19H22N4O2S2. The van der Waals surface area contributed by atoms with Crippen molar-refractivity contribution in [3.05, 3.63) is 53.5 Å². The van der Waals surface area contributed by atoms with E-state index in [-0.39, 0.29) is 10.8 Å². The van der Waals surface area contributed by atoms with Crippen molar-refractivity contribution in [3.63, 3.8) is 0 Å². The zero-order valence-corrected chi connectivity index (χ0v) is 17.1. The normalized spacial score (nSPS) is 11.7. The van der Waals surface area contributed by atoms with Crippen molar-refractivity contribution in [2.45, 2.75) is 25.7 Å². The SMILES string of the molecule is Cc1ccsc1-c1ccnc(Nc2ccc(S(=O)(=O)NCC(C)C)cc2)n1. The van der Waals surface area contributed by atoms with Crippen molar-refractivity contribution >= 4 is 33.0 Å². The molecule has 0 unspecified atom stereocenters. The maximum Gasteiger partial charge on any atom is 0.240 e. The molecule has 3 aromatic rings. The van der Waals surface area contributed by atoms with Gasteiger partial charge in [-0.25, -0.2) is 23.1 Å². The Morgan fingerprint density at radius 2 is 1.85 bits per heavy atom. The lowest BCUT2D eigenvalue weighted by atomic mass is 10.2. The summed E-state index contributed by atoms with van der Waals surface area (Å²) in [5, 5.41) is 5.16. The predicted octanol–water partition coefficient (Wildman–Crippen LogP) is 4.19. The third kappa shape index (κ3) is 4.91. The summed E-state index contributed by atoms with van der Waals surface area (Å²) in [6.07, 6.45) is 1.71. The molecule has 1 aromatic carbocycles. The van der Waals surface area contributed by atoms with Gasteiger partial charge in [0.2, 0.25) is 16.0 Å². The Morgan fingerprint density at radius 3 is 2.48 bits per heavy atom. The van der Waals surface area contributed by atoms with Gasteiger partial charge in [-0.3, -0.25) is 0 Å². The number of aryl methyl sites for hydroxylation is 1. The van der Waals surface area contributed by atoms with E-state index in [4.69, 9.17) is 0 Å². The molecule has 0 saturated carbocycles. The lowest BCUT2D eigenvalue weighted by Gasteiger charge is -2.10. The second-order valence-electron chi connectivity index (χ2n) is 6.59. The summed E-state index contributed by atoms with van der Waals surface area (Å²) in [5.74, 6) is 0.714. The van der Waals surface area contributed by atoms with Crippen molar-refractivity contribution in [1.82, 2.24) is 14.7 Å². The van der Waals surface area contributed by atoms with Gasteiger partial charge in [0.15, 0.2) is 0 Å². The van der Waals surface area contributed by atoms with Gasteiger partial charge in [-0.2, -0.15) is 0 Å². The fourth-order valence-corrected chi connectivity index (χ4v) is 4.50. The van der Waals surface area contributed by atoms with E-state index in [2.05, 4.69) is 26.1 Å². The average molecular weight is 403 g/mol. The Bertz CT molecular complexity index is 1010. The first-order valence-corrected chi connectivity index (χ1v) is 11.0. The number of benzene rings is 1. The van der Waals surface area contributed by atoms with Crippen LogP contribution < -0.4 is 10.0 Å². The molecule has 3 rings (SSSR count). The van der Waals surface area contributed by atoms with Gasteiger partial charge in [0.25, 0.3) is 0 Å². The lowest BCUT2D eigenvalue weighted by Crippen LogP contribution is -2.27. The third-order valence-corrected chi connectivity index (χ3v) is 6.33. The zero-order chi connectivity index (χ0) is 19.4. The molecule has 2 N–H and O–H groups in total. The molecule has 0 aliphatic rings. The molecule has 2 aromatic heterocycles. The number of hydrogen-bond acceptors (Lipinski definition) is 6. The maximum atomic E-state index is 12.3. The maximum absolute atomic E-state index is 12.3. The summed E-state index contributed by atoms with van der Waals surface area (Å²) in [6, 6.07) is 10.5. The Morgan fingerprint density at radius 1 is 1.11 bits per heavy atom. The first-order chi connectivity index (χ1) is 12.8. The molecule has 0 aliphatic carbocycles. The minimum atomic E-state index is -3.49. The smallest absolute Gasteiger partial charge is 0.240 e. The highest BCUT2D eigenvalue weighted by Gasteiger charge is 2.14. The average Bonchev–Trinajstić information content (AvgIpc) is 3.07. The van der Waals surface area contributed by atoms with Gasteiger partial charge >= 0.3 is 0 Å². The lowest BCUT2D eigenvalue weighted by molar-refractivity contribution is 0.560. The molecule has 2 heterocycles. The first kappa shape index (κ1) is 19.5. The van der Waals surface area contributed by atoms with Crippen LogP contribution in [0.5, 0.6) is 0 Å². The minimum absolute atomic E-state index is 0.234. The monoisotopic (exact) mass is 402 g/mol. The van der Waals surface area contributed by atoms with E-state index in [9.17, 15) is 8.42 Å². The van der Waals surface area contributed by atoms with Gasteiger partial charge < -0.3 is 5.32 Å². The zero-order valence-electron chi connectivity index (χ0n) is 15.4. The van der Waals surface area contributed by atoms with Crippen molar-refractivity contribution in [2.24, 2.45) is 5.92 Å². The predicted molar refractivity (Wildman–Crippen MR) is 110 cm³/mol. The van der Waals surface area contributed by atoms with E-state index in [1.54, 1.807) is 41.8 Å². The summed E-state index contributed by atoms with van der Waals surface area (Å²) >= 11 is 1.64. The summed E-state index contributed by atoms with van der Waals surface area (Å²) < 4.78 is 27.1. The van der Waals surface area contributed by atoms with Gasteiger partial charge in [0.05, 0.1) is 15.5 Å². The van der Waals surface area contributed by atoms with Crippen LogP contribution in [0, 0.1) is 12.8 Å². The van der Waals surface area contributed by atoms with E-state index in [0.29, 0.717) is 12.5 Å². The van der Waals surface area contributed by atoms with Crippen LogP contribution in [-0.2, 0) is 10.0 Å². The van der Waals surface area contributed by atoms with Crippen LogP contribution in [0.4, 0.5) is 11.6 Å². The van der Waals surface area contributed by atoms with Gasteiger partial charge in [0.1, 0.15) is 0 Å². The molecule has 6 nitrogen and oxygen atoms in total. The second kappa shape index (κ2) is 8.16. The molecule has 0 radical (unpaired) electrons. The first-order valence-electron chi connectivity index (χ1n) is 8.59. The van der Waals surface area contributed by atoms with Gasteiger partial charge in [-0.15, -0.1) is 11.3 Å². The fourth-order valence-electron chi connectivity index (χ4n) is 2.39. The van der Waals surface area contributed by atoms with Crippen LogP contribution in [0.25, 0.3) is 10.6 Å². The molecule has 0 atom stereocenters. The molecule has 0 aliphatic heterocycles. The number of rotatable bonds is 7. The number of sulfonamides is 1. The Balaban J connectivity index is 1.75. The van der Waals surface area contributed by atoms with Gasteiger partial charge in [-0.05, 0) is 60.2 Å². The van der Waals surface area contributed by atoms with E-state index in [1.807, 2.05) is 32.2 Å². The van der Waals surface area contributed by atoms with E-state index < -0.39 is 10.0 Å². The number of aromatic nitrogens is 2. The summed E-state index contributed by atoms with van der Waals surface area (Å²) in [5.41, 5.74) is 2.75. The highest BCUT2D eigenvalue weighted by atomic mass is 32.2. The molecule has 0 bridgehead atoms. The van der Waals surface area contributed by atoms with Gasteiger partial charge in [0, 0.05) is 18.4 Å². The largest absolute Gasteiger partial charge is 0.324 e. The molecular weight excluding hydrogens is 380 g/mol. The minimum Gasteiger partial charge on any atom is -0.324 e. The molecule has 8 heteroatoms.